The first-order valence-electron chi connectivity index (χ1n) is 6.24. The average Bonchev–Trinajstić information content (AvgIpc) is 2.95. The third-order valence-corrected chi connectivity index (χ3v) is 4.10. The summed E-state index contributed by atoms with van der Waals surface area (Å²) < 4.78 is 5.70. The number of hydrogen-bond donors (Lipinski definition) is 0. The molecule has 0 aliphatic heterocycles. The summed E-state index contributed by atoms with van der Waals surface area (Å²) in [7, 11) is 0. The normalized spacial score (nSPS) is 12.7. The molecule has 19 heavy (non-hydrogen) atoms. The van der Waals surface area contributed by atoms with Crippen LogP contribution in [0.3, 0.4) is 0 Å². The Bertz CT molecular complexity index is 708. The lowest BCUT2D eigenvalue weighted by molar-refractivity contribution is 0.500. The van der Waals surface area contributed by atoms with Crippen molar-refractivity contribution in [3.63, 3.8) is 0 Å². The molecular weight excluding hydrogens is 304 g/mol. The second kappa shape index (κ2) is 5.13. The Labute approximate surface area is 119 Å². The molecule has 96 valence electrons. The summed E-state index contributed by atoms with van der Waals surface area (Å²) in [6.07, 6.45) is 0.916. The average molecular weight is 317 g/mol. The lowest BCUT2D eigenvalue weighted by Gasteiger charge is -2.00. The van der Waals surface area contributed by atoms with Gasteiger partial charge in [0, 0.05) is 5.56 Å². The number of halogens is 1. The van der Waals surface area contributed by atoms with Crippen LogP contribution in [0.4, 0.5) is 0 Å². The van der Waals surface area contributed by atoms with Gasteiger partial charge < -0.3 is 4.42 Å². The van der Waals surface area contributed by atoms with Gasteiger partial charge in [0.2, 0.25) is 11.8 Å². The molecule has 0 N–H and O–H groups in total. The van der Waals surface area contributed by atoms with Crippen molar-refractivity contribution in [1.82, 2.24) is 10.2 Å². The monoisotopic (exact) mass is 316 g/mol. The summed E-state index contributed by atoms with van der Waals surface area (Å²) in [5, 5.41) is 10.6. The quantitative estimate of drug-likeness (QED) is 0.655. The van der Waals surface area contributed by atoms with E-state index in [9.17, 15) is 0 Å². The highest BCUT2D eigenvalue weighted by molar-refractivity contribution is 9.09. The zero-order valence-electron chi connectivity index (χ0n) is 10.5. The van der Waals surface area contributed by atoms with Crippen LogP contribution in [0.1, 0.15) is 24.1 Å². The lowest BCUT2D eigenvalue weighted by atomic mass is 10.1. The van der Waals surface area contributed by atoms with Gasteiger partial charge in [0.15, 0.2) is 0 Å². The van der Waals surface area contributed by atoms with E-state index in [2.05, 4.69) is 57.3 Å². The van der Waals surface area contributed by atoms with Crippen molar-refractivity contribution < 1.29 is 4.42 Å². The van der Waals surface area contributed by atoms with E-state index in [1.165, 1.54) is 10.8 Å². The summed E-state index contributed by atoms with van der Waals surface area (Å²) >= 11 is 3.51. The van der Waals surface area contributed by atoms with E-state index in [1.54, 1.807) is 0 Å². The van der Waals surface area contributed by atoms with E-state index in [4.69, 9.17) is 4.42 Å². The van der Waals surface area contributed by atoms with E-state index in [1.807, 2.05) is 18.2 Å². The minimum Gasteiger partial charge on any atom is -0.419 e. The zero-order chi connectivity index (χ0) is 13.2. The number of benzene rings is 2. The molecule has 1 atom stereocenters. The maximum Gasteiger partial charge on any atom is 0.247 e. The molecule has 0 aliphatic rings. The predicted octanol–water partition coefficient (Wildman–Crippen LogP) is 4.74. The van der Waals surface area contributed by atoms with Crippen LogP contribution in [-0.4, -0.2) is 10.2 Å². The van der Waals surface area contributed by atoms with Gasteiger partial charge >= 0.3 is 0 Å². The summed E-state index contributed by atoms with van der Waals surface area (Å²) in [5.74, 6) is 1.20. The second-order valence-electron chi connectivity index (χ2n) is 4.38. The zero-order valence-corrected chi connectivity index (χ0v) is 12.1. The predicted molar refractivity (Wildman–Crippen MR) is 79.2 cm³/mol. The third kappa shape index (κ3) is 2.40. The maximum atomic E-state index is 5.70. The molecule has 1 unspecified atom stereocenters. The molecular formula is C15H13BrN2O. The highest BCUT2D eigenvalue weighted by atomic mass is 79.9. The Hall–Kier alpha value is -1.68. The number of nitrogens with zero attached hydrogens (tertiary/aromatic N) is 2. The SMILES string of the molecule is CCC(Br)c1nnc(-c2ccc3ccccc3c2)o1. The van der Waals surface area contributed by atoms with Gasteiger partial charge in [-0.15, -0.1) is 10.2 Å². The van der Waals surface area contributed by atoms with Crippen LogP contribution in [-0.2, 0) is 0 Å². The summed E-state index contributed by atoms with van der Waals surface area (Å²) in [6, 6.07) is 14.4. The summed E-state index contributed by atoms with van der Waals surface area (Å²) in [5.41, 5.74) is 0.952. The van der Waals surface area contributed by atoms with Gasteiger partial charge in [-0.1, -0.05) is 53.2 Å². The Morgan fingerprint density at radius 3 is 2.68 bits per heavy atom. The van der Waals surface area contributed by atoms with E-state index in [0.29, 0.717) is 11.8 Å². The molecule has 0 aliphatic carbocycles. The van der Waals surface area contributed by atoms with Crippen LogP contribution < -0.4 is 0 Å². The van der Waals surface area contributed by atoms with Crippen LogP contribution >= 0.6 is 15.9 Å². The van der Waals surface area contributed by atoms with Crippen molar-refractivity contribution in [2.45, 2.75) is 18.2 Å². The van der Waals surface area contributed by atoms with Gasteiger partial charge in [-0.25, -0.2) is 0 Å². The fraction of sp³-hybridized carbons (Fsp3) is 0.200. The maximum absolute atomic E-state index is 5.70. The Balaban J connectivity index is 2.01. The molecule has 3 rings (SSSR count). The van der Waals surface area contributed by atoms with Crippen molar-refractivity contribution in [3.05, 3.63) is 48.4 Å². The molecule has 0 amide bonds. The van der Waals surface area contributed by atoms with E-state index in [-0.39, 0.29) is 4.83 Å². The Morgan fingerprint density at radius 2 is 1.89 bits per heavy atom. The molecule has 0 fully saturated rings. The van der Waals surface area contributed by atoms with Gasteiger partial charge in [-0.3, -0.25) is 0 Å². The number of hydrogen-bond acceptors (Lipinski definition) is 3. The van der Waals surface area contributed by atoms with E-state index >= 15 is 0 Å². The van der Waals surface area contributed by atoms with Crippen LogP contribution in [0.2, 0.25) is 0 Å². The fourth-order valence-electron chi connectivity index (χ4n) is 1.97. The molecule has 0 saturated carbocycles. The molecule has 0 spiro atoms. The largest absolute Gasteiger partial charge is 0.419 e. The molecule has 0 saturated heterocycles. The Kier molecular flexibility index (Phi) is 3.34. The van der Waals surface area contributed by atoms with Gasteiger partial charge in [0.1, 0.15) is 0 Å². The Morgan fingerprint density at radius 1 is 1.11 bits per heavy atom. The third-order valence-electron chi connectivity index (χ3n) is 3.06. The minimum atomic E-state index is 0.120. The summed E-state index contributed by atoms with van der Waals surface area (Å²) in [4.78, 5) is 0.120. The first-order chi connectivity index (χ1) is 9.28. The van der Waals surface area contributed by atoms with Crippen molar-refractivity contribution in [2.24, 2.45) is 0 Å². The standard InChI is InChI=1S/C15H13BrN2O/c1-2-13(16)15-18-17-14(19-15)12-8-7-10-5-3-4-6-11(10)9-12/h3-9,13H,2H2,1H3. The van der Waals surface area contributed by atoms with Crippen molar-refractivity contribution in [1.29, 1.82) is 0 Å². The highest BCUT2D eigenvalue weighted by Gasteiger charge is 2.14. The molecule has 4 heteroatoms. The van der Waals surface area contributed by atoms with E-state index in [0.717, 1.165) is 12.0 Å². The molecule has 1 heterocycles. The van der Waals surface area contributed by atoms with Crippen molar-refractivity contribution in [3.8, 4) is 11.5 Å². The number of fused-ring (bicyclic) bond motifs is 1. The first-order valence-corrected chi connectivity index (χ1v) is 7.16. The number of aromatic nitrogens is 2. The molecule has 0 radical (unpaired) electrons. The van der Waals surface area contributed by atoms with Crippen LogP contribution in [0.5, 0.6) is 0 Å². The minimum absolute atomic E-state index is 0.120. The number of rotatable bonds is 3. The molecule has 2 aromatic carbocycles. The van der Waals surface area contributed by atoms with Crippen LogP contribution in [0, 0.1) is 0 Å². The van der Waals surface area contributed by atoms with Gasteiger partial charge in [0.25, 0.3) is 0 Å². The molecule has 3 nitrogen and oxygen atoms in total. The smallest absolute Gasteiger partial charge is 0.247 e. The summed E-state index contributed by atoms with van der Waals surface area (Å²) in [6.45, 7) is 2.07. The first kappa shape index (κ1) is 12.4. The highest BCUT2D eigenvalue weighted by Crippen LogP contribution is 2.29. The van der Waals surface area contributed by atoms with Gasteiger partial charge in [-0.05, 0) is 29.3 Å². The molecule has 1 aromatic heterocycles. The van der Waals surface area contributed by atoms with Gasteiger partial charge in [0.05, 0.1) is 4.83 Å². The van der Waals surface area contributed by atoms with Crippen molar-refractivity contribution in [2.75, 3.05) is 0 Å². The molecule has 0 bridgehead atoms. The van der Waals surface area contributed by atoms with E-state index < -0.39 is 0 Å². The van der Waals surface area contributed by atoms with Crippen LogP contribution in [0.25, 0.3) is 22.2 Å². The lowest BCUT2D eigenvalue weighted by Crippen LogP contribution is -1.86. The van der Waals surface area contributed by atoms with Crippen molar-refractivity contribution >= 4 is 26.7 Å². The van der Waals surface area contributed by atoms with Crippen LogP contribution in [0.15, 0.2) is 46.9 Å². The van der Waals surface area contributed by atoms with Gasteiger partial charge in [-0.2, -0.15) is 0 Å². The molecule has 3 aromatic rings. The topological polar surface area (TPSA) is 38.9 Å². The number of alkyl halides is 1. The second-order valence-corrected chi connectivity index (χ2v) is 5.49. The fourth-order valence-corrected chi connectivity index (χ4v) is 2.16.